The number of carbonyl (C=O) groups is 2. The highest BCUT2D eigenvalue weighted by Crippen LogP contribution is 2.15. The smallest absolute Gasteiger partial charge is 0.224 e. The first-order valence-corrected chi connectivity index (χ1v) is 6.80. The van der Waals surface area contributed by atoms with E-state index >= 15 is 0 Å². The average molecular weight is 282 g/mol. The molecule has 0 heterocycles. The minimum Gasteiger partial charge on any atom is -0.399 e. The number of anilines is 2. The molecular weight excluding hydrogens is 264 g/mol. The SMILES string of the molecule is CC(=O)c1cccc(NC(=O)CCc2ccccc2N)c1. The van der Waals surface area contributed by atoms with Gasteiger partial charge in [-0.1, -0.05) is 30.3 Å². The minimum atomic E-state index is -0.0982. The molecule has 21 heavy (non-hydrogen) atoms. The van der Waals surface area contributed by atoms with Crippen molar-refractivity contribution in [3.05, 3.63) is 59.7 Å². The zero-order chi connectivity index (χ0) is 15.2. The predicted molar refractivity (Wildman–Crippen MR) is 84.3 cm³/mol. The van der Waals surface area contributed by atoms with Gasteiger partial charge in [0.2, 0.25) is 5.91 Å². The van der Waals surface area contributed by atoms with Crippen molar-refractivity contribution in [3.8, 4) is 0 Å². The number of hydrogen-bond acceptors (Lipinski definition) is 3. The van der Waals surface area contributed by atoms with Gasteiger partial charge < -0.3 is 11.1 Å². The van der Waals surface area contributed by atoms with E-state index in [-0.39, 0.29) is 11.7 Å². The molecule has 0 saturated carbocycles. The molecule has 0 unspecified atom stereocenters. The molecule has 0 bridgehead atoms. The van der Waals surface area contributed by atoms with Crippen LogP contribution < -0.4 is 11.1 Å². The van der Waals surface area contributed by atoms with Crippen molar-refractivity contribution in [3.63, 3.8) is 0 Å². The lowest BCUT2D eigenvalue weighted by Gasteiger charge is -2.07. The van der Waals surface area contributed by atoms with Crippen LogP contribution in [0.15, 0.2) is 48.5 Å². The summed E-state index contributed by atoms with van der Waals surface area (Å²) in [4.78, 5) is 23.2. The fraction of sp³-hybridized carbons (Fsp3) is 0.176. The molecule has 3 N–H and O–H groups in total. The molecule has 0 atom stereocenters. The topological polar surface area (TPSA) is 72.2 Å². The Morgan fingerprint density at radius 3 is 2.57 bits per heavy atom. The molecule has 0 aliphatic carbocycles. The highest BCUT2D eigenvalue weighted by atomic mass is 16.1. The molecule has 2 rings (SSSR count). The van der Waals surface area contributed by atoms with Crippen LogP contribution in [0.2, 0.25) is 0 Å². The molecule has 2 aromatic rings. The Morgan fingerprint density at radius 2 is 1.86 bits per heavy atom. The second-order valence-electron chi connectivity index (χ2n) is 4.88. The van der Waals surface area contributed by atoms with Gasteiger partial charge >= 0.3 is 0 Å². The minimum absolute atomic E-state index is 0.0249. The van der Waals surface area contributed by atoms with E-state index in [1.807, 2.05) is 24.3 Å². The molecule has 1 amide bonds. The molecular formula is C17H18N2O2. The van der Waals surface area contributed by atoms with Gasteiger partial charge in [0, 0.05) is 23.4 Å². The number of carbonyl (C=O) groups excluding carboxylic acids is 2. The van der Waals surface area contributed by atoms with Crippen molar-refractivity contribution < 1.29 is 9.59 Å². The van der Waals surface area contributed by atoms with Gasteiger partial charge in [0.1, 0.15) is 0 Å². The van der Waals surface area contributed by atoms with Crippen molar-refractivity contribution in [2.45, 2.75) is 19.8 Å². The summed E-state index contributed by atoms with van der Waals surface area (Å²) in [6, 6.07) is 14.4. The van der Waals surface area contributed by atoms with E-state index in [2.05, 4.69) is 5.32 Å². The normalized spacial score (nSPS) is 10.1. The first-order chi connectivity index (χ1) is 10.1. The summed E-state index contributed by atoms with van der Waals surface area (Å²) in [5.41, 5.74) is 8.72. The summed E-state index contributed by atoms with van der Waals surface area (Å²) in [6.45, 7) is 1.50. The second kappa shape index (κ2) is 6.70. The summed E-state index contributed by atoms with van der Waals surface area (Å²) < 4.78 is 0. The van der Waals surface area contributed by atoms with Gasteiger partial charge in [-0.3, -0.25) is 9.59 Å². The molecule has 4 heteroatoms. The van der Waals surface area contributed by atoms with E-state index in [0.29, 0.717) is 29.8 Å². The maximum atomic E-state index is 11.9. The molecule has 0 aliphatic rings. The summed E-state index contributed by atoms with van der Waals surface area (Å²) in [5.74, 6) is -0.123. The first kappa shape index (κ1) is 14.8. The molecule has 0 spiro atoms. The lowest BCUT2D eigenvalue weighted by Crippen LogP contribution is -2.13. The maximum absolute atomic E-state index is 11.9. The Hall–Kier alpha value is -2.62. The van der Waals surface area contributed by atoms with E-state index in [4.69, 9.17) is 5.73 Å². The largest absolute Gasteiger partial charge is 0.399 e. The zero-order valence-corrected chi connectivity index (χ0v) is 11.9. The first-order valence-electron chi connectivity index (χ1n) is 6.80. The van der Waals surface area contributed by atoms with Crippen molar-refractivity contribution in [1.29, 1.82) is 0 Å². The Balaban J connectivity index is 1.95. The van der Waals surface area contributed by atoms with Gasteiger partial charge in [-0.2, -0.15) is 0 Å². The third kappa shape index (κ3) is 4.18. The van der Waals surface area contributed by atoms with Crippen LogP contribution in [0.25, 0.3) is 0 Å². The van der Waals surface area contributed by atoms with Gasteiger partial charge in [-0.25, -0.2) is 0 Å². The van der Waals surface area contributed by atoms with E-state index < -0.39 is 0 Å². The number of para-hydroxylation sites is 1. The van der Waals surface area contributed by atoms with Crippen LogP contribution in [0.4, 0.5) is 11.4 Å². The van der Waals surface area contributed by atoms with E-state index in [0.717, 1.165) is 5.56 Å². The van der Waals surface area contributed by atoms with Crippen molar-refractivity contribution in [2.24, 2.45) is 0 Å². The van der Waals surface area contributed by atoms with E-state index in [9.17, 15) is 9.59 Å². The van der Waals surface area contributed by atoms with Crippen LogP contribution in [0.1, 0.15) is 29.3 Å². The fourth-order valence-corrected chi connectivity index (χ4v) is 2.05. The predicted octanol–water partition coefficient (Wildman–Crippen LogP) is 3.04. The molecule has 108 valence electrons. The molecule has 0 fully saturated rings. The Labute approximate surface area is 124 Å². The molecule has 0 saturated heterocycles. The van der Waals surface area contributed by atoms with Crippen molar-refractivity contribution >= 4 is 23.1 Å². The third-order valence-electron chi connectivity index (χ3n) is 3.23. The quantitative estimate of drug-likeness (QED) is 0.654. The highest BCUT2D eigenvalue weighted by molar-refractivity contribution is 5.97. The number of aryl methyl sites for hydroxylation is 1. The standard InChI is InChI=1S/C17H18N2O2/c1-12(20)14-6-4-7-15(11-14)19-17(21)10-9-13-5-2-3-8-16(13)18/h2-8,11H,9-10,18H2,1H3,(H,19,21). The van der Waals surface area contributed by atoms with Crippen molar-refractivity contribution in [1.82, 2.24) is 0 Å². The van der Waals surface area contributed by atoms with Gasteiger partial charge in [0.15, 0.2) is 5.78 Å². The third-order valence-corrected chi connectivity index (χ3v) is 3.23. The van der Waals surface area contributed by atoms with Crippen LogP contribution in [0, 0.1) is 0 Å². The summed E-state index contributed by atoms with van der Waals surface area (Å²) in [6.07, 6.45) is 0.934. The molecule has 0 aliphatic heterocycles. The fourth-order valence-electron chi connectivity index (χ4n) is 2.05. The number of nitrogens with one attached hydrogen (secondary N) is 1. The Morgan fingerprint density at radius 1 is 1.10 bits per heavy atom. The van der Waals surface area contributed by atoms with Crippen LogP contribution in [0.5, 0.6) is 0 Å². The number of rotatable bonds is 5. The lowest BCUT2D eigenvalue weighted by molar-refractivity contribution is -0.116. The number of Topliss-reactive ketones (excluding diaryl/α,β-unsaturated/α-hetero) is 1. The second-order valence-corrected chi connectivity index (χ2v) is 4.88. The number of benzene rings is 2. The van der Waals surface area contributed by atoms with E-state index in [1.54, 1.807) is 24.3 Å². The molecule has 0 aromatic heterocycles. The van der Waals surface area contributed by atoms with Crippen LogP contribution >= 0.6 is 0 Å². The lowest BCUT2D eigenvalue weighted by atomic mass is 10.1. The van der Waals surface area contributed by atoms with E-state index in [1.165, 1.54) is 6.92 Å². The van der Waals surface area contributed by atoms with Crippen LogP contribution in [-0.4, -0.2) is 11.7 Å². The van der Waals surface area contributed by atoms with Gasteiger partial charge in [0.05, 0.1) is 0 Å². The number of nitrogens with two attached hydrogens (primary N) is 1. The summed E-state index contributed by atoms with van der Waals surface area (Å²) >= 11 is 0. The molecule has 2 aromatic carbocycles. The maximum Gasteiger partial charge on any atom is 0.224 e. The Kier molecular flexibility index (Phi) is 4.72. The van der Waals surface area contributed by atoms with Gasteiger partial charge in [0.25, 0.3) is 0 Å². The van der Waals surface area contributed by atoms with Gasteiger partial charge in [-0.05, 0) is 37.1 Å². The number of ketones is 1. The molecule has 4 nitrogen and oxygen atoms in total. The van der Waals surface area contributed by atoms with Gasteiger partial charge in [-0.15, -0.1) is 0 Å². The number of amides is 1. The molecule has 0 radical (unpaired) electrons. The zero-order valence-electron chi connectivity index (χ0n) is 11.9. The summed E-state index contributed by atoms with van der Waals surface area (Å²) in [7, 11) is 0. The Bertz CT molecular complexity index is 665. The monoisotopic (exact) mass is 282 g/mol. The summed E-state index contributed by atoms with van der Waals surface area (Å²) in [5, 5.41) is 2.79. The number of hydrogen-bond donors (Lipinski definition) is 2. The van der Waals surface area contributed by atoms with Crippen molar-refractivity contribution in [2.75, 3.05) is 11.1 Å². The van der Waals surface area contributed by atoms with Crippen LogP contribution in [0.3, 0.4) is 0 Å². The highest BCUT2D eigenvalue weighted by Gasteiger charge is 2.06. The number of nitrogen functional groups attached to an aromatic ring is 1. The van der Waals surface area contributed by atoms with Crippen LogP contribution in [-0.2, 0) is 11.2 Å². The average Bonchev–Trinajstić information content (AvgIpc) is 2.46.